The Balaban J connectivity index is 1.96. The van der Waals surface area contributed by atoms with Crippen molar-refractivity contribution in [3.05, 3.63) is 53.5 Å². The van der Waals surface area contributed by atoms with Gasteiger partial charge in [0.2, 0.25) is 17.7 Å². The molecular weight excluding hydrogens is 408 g/mol. The maximum Gasteiger partial charge on any atom is 0.302 e. The van der Waals surface area contributed by atoms with Crippen LogP contribution in [0.5, 0.6) is 5.88 Å². The van der Waals surface area contributed by atoms with Crippen LogP contribution in [0.2, 0.25) is 0 Å². The molecule has 10 heteroatoms. The zero-order chi connectivity index (χ0) is 23.2. The Morgan fingerprint density at radius 2 is 1.97 bits per heavy atom. The predicted molar refractivity (Wildman–Crippen MR) is 111 cm³/mol. The first-order chi connectivity index (χ1) is 14.5. The second-order valence-corrected chi connectivity index (χ2v) is 7.32. The molecule has 0 aliphatic carbocycles. The van der Waals surface area contributed by atoms with E-state index >= 15 is 0 Å². The number of alkyl halides is 2. The molecule has 2 aromatic rings. The average Bonchev–Trinajstić information content (AvgIpc) is 2.70. The van der Waals surface area contributed by atoms with E-state index in [2.05, 4.69) is 32.2 Å². The molecule has 0 fully saturated rings. The summed E-state index contributed by atoms with van der Waals surface area (Å²) < 4.78 is 32.0. The fourth-order valence-electron chi connectivity index (χ4n) is 2.16. The number of anilines is 1. The predicted octanol–water partition coefficient (Wildman–Crippen LogP) is 3.29. The molecule has 0 spiro atoms. The van der Waals surface area contributed by atoms with Gasteiger partial charge in [0, 0.05) is 30.4 Å². The van der Waals surface area contributed by atoms with E-state index < -0.39 is 18.4 Å². The number of nitrogens with one attached hydrogen (secondary N) is 2. The molecule has 0 saturated carbocycles. The molecule has 8 nitrogen and oxygen atoms in total. The summed E-state index contributed by atoms with van der Waals surface area (Å²) in [4.78, 5) is 36.4. The van der Waals surface area contributed by atoms with Gasteiger partial charge >= 0.3 is 5.92 Å². The van der Waals surface area contributed by atoms with Crippen LogP contribution in [-0.2, 0) is 11.3 Å². The lowest BCUT2D eigenvalue weighted by Crippen LogP contribution is -2.27. The molecule has 0 radical (unpaired) electrons. The van der Waals surface area contributed by atoms with Gasteiger partial charge in [0.05, 0.1) is 0 Å². The lowest BCUT2D eigenvalue weighted by Gasteiger charge is -2.16. The third kappa shape index (κ3) is 7.09. The number of rotatable bonds is 9. The third-order valence-corrected chi connectivity index (χ3v) is 4.12. The van der Waals surface area contributed by atoms with Crippen molar-refractivity contribution in [2.45, 2.75) is 40.2 Å². The van der Waals surface area contributed by atoms with Gasteiger partial charge in [0.25, 0.3) is 5.91 Å². The van der Waals surface area contributed by atoms with Crippen molar-refractivity contribution in [3.8, 4) is 5.88 Å². The summed E-state index contributed by atoms with van der Waals surface area (Å²) in [6, 6.07) is 4.53. The van der Waals surface area contributed by atoms with E-state index in [1.807, 2.05) is 0 Å². The second-order valence-electron chi connectivity index (χ2n) is 7.32. The van der Waals surface area contributed by atoms with Crippen molar-refractivity contribution in [2.24, 2.45) is 5.92 Å². The van der Waals surface area contributed by atoms with Gasteiger partial charge in [-0.15, -0.1) is 0 Å². The van der Waals surface area contributed by atoms with Gasteiger partial charge in [-0.05, 0) is 31.1 Å². The van der Waals surface area contributed by atoms with Gasteiger partial charge < -0.3 is 10.1 Å². The first kappa shape index (κ1) is 23.8. The second kappa shape index (κ2) is 10.1. The fourth-order valence-corrected chi connectivity index (χ4v) is 2.16. The third-order valence-electron chi connectivity index (χ3n) is 4.12. The monoisotopic (exact) mass is 433 g/mol. The summed E-state index contributed by atoms with van der Waals surface area (Å²) in [5.41, 5.74) is 0.959. The molecule has 31 heavy (non-hydrogen) atoms. The number of amides is 2. The summed E-state index contributed by atoms with van der Waals surface area (Å²) in [5.74, 6) is -4.03. The molecule has 0 bridgehead atoms. The Labute approximate surface area is 179 Å². The summed E-state index contributed by atoms with van der Waals surface area (Å²) in [6.07, 6.45) is 1.41. The summed E-state index contributed by atoms with van der Waals surface area (Å²) in [7, 11) is 0. The van der Waals surface area contributed by atoms with E-state index in [0.29, 0.717) is 11.3 Å². The number of carbonyl (C=O) groups is 2. The van der Waals surface area contributed by atoms with Crippen molar-refractivity contribution < 1.29 is 23.1 Å². The number of nitrogens with zero attached hydrogens (tertiary/aromatic N) is 3. The SMILES string of the molecule is C=C(C)C(F)(F)COc1ccc(CNC(=O)c2cc(C)nc(NC(=O)C(C)C)n2)cn1. The van der Waals surface area contributed by atoms with Crippen molar-refractivity contribution >= 4 is 17.8 Å². The lowest BCUT2D eigenvalue weighted by molar-refractivity contribution is -0.118. The quantitative estimate of drug-likeness (QED) is 0.588. The van der Waals surface area contributed by atoms with Crippen LogP contribution in [0, 0.1) is 12.8 Å². The zero-order valence-electron chi connectivity index (χ0n) is 17.8. The van der Waals surface area contributed by atoms with Crippen molar-refractivity contribution in [3.63, 3.8) is 0 Å². The van der Waals surface area contributed by atoms with Gasteiger partial charge in [-0.2, -0.15) is 8.78 Å². The average molecular weight is 433 g/mol. The molecule has 2 amide bonds. The first-order valence-corrected chi connectivity index (χ1v) is 9.54. The van der Waals surface area contributed by atoms with Crippen LogP contribution < -0.4 is 15.4 Å². The Morgan fingerprint density at radius 3 is 2.55 bits per heavy atom. The Kier molecular flexibility index (Phi) is 7.73. The highest BCUT2D eigenvalue weighted by molar-refractivity contribution is 5.94. The van der Waals surface area contributed by atoms with Gasteiger partial charge in [-0.3, -0.25) is 14.9 Å². The number of ether oxygens (including phenoxy) is 1. The maximum atomic E-state index is 13.5. The molecule has 2 N–H and O–H groups in total. The number of hydrogen-bond acceptors (Lipinski definition) is 6. The molecule has 2 aromatic heterocycles. The normalized spacial score (nSPS) is 11.2. The fraction of sp³-hybridized carbons (Fsp3) is 0.381. The van der Waals surface area contributed by atoms with Crippen LogP contribution in [0.25, 0.3) is 0 Å². The minimum atomic E-state index is -3.14. The van der Waals surface area contributed by atoms with E-state index in [1.54, 1.807) is 26.8 Å². The molecular formula is C21H25F2N5O3. The largest absolute Gasteiger partial charge is 0.471 e. The molecule has 166 valence electrons. The van der Waals surface area contributed by atoms with Crippen LogP contribution in [0.4, 0.5) is 14.7 Å². The van der Waals surface area contributed by atoms with E-state index in [1.165, 1.54) is 25.3 Å². The van der Waals surface area contributed by atoms with Crippen LogP contribution in [0.3, 0.4) is 0 Å². The van der Waals surface area contributed by atoms with Crippen LogP contribution in [0.1, 0.15) is 42.5 Å². The minimum absolute atomic E-state index is 0.0352. The maximum absolute atomic E-state index is 13.5. The van der Waals surface area contributed by atoms with E-state index in [4.69, 9.17) is 4.74 Å². The number of pyridine rings is 1. The topological polar surface area (TPSA) is 106 Å². The summed E-state index contributed by atoms with van der Waals surface area (Å²) in [5, 5.41) is 5.25. The summed E-state index contributed by atoms with van der Waals surface area (Å²) >= 11 is 0. The van der Waals surface area contributed by atoms with Crippen molar-refractivity contribution in [1.29, 1.82) is 0 Å². The van der Waals surface area contributed by atoms with E-state index in [9.17, 15) is 18.4 Å². The van der Waals surface area contributed by atoms with Gasteiger partial charge in [-0.25, -0.2) is 15.0 Å². The molecule has 0 aliphatic heterocycles. The highest BCUT2D eigenvalue weighted by atomic mass is 19.3. The molecule has 0 aromatic carbocycles. The number of carbonyl (C=O) groups excluding carboxylic acids is 2. The van der Waals surface area contributed by atoms with Crippen LogP contribution in [-0.4, -0.2) is 39.3 Å². The van der Waals surface area contributed by atoms with Crippen LogP contribution >= 0.6 is 0 Å². The lowest BCUT2D eigenvalue weighted by atomic mass is 10.2. The Hall–Kier alpha value is -3.43. The standard InChI is InChI=1S/C21H25F2N5O3/c1-12(2)18(29)28-20-26-14(5)8-16(27-20)19(30)25-10-15-6-7-17(24-9-15)31-11-21(22,23)13(3)4/h6-9,12H,3,10-11H2,1-2,4-5H3,(H,25,30)(H,26,27,28,29). The van der Waals surface area contributed by atoms with Gasteiger partial charge in [0.1, 0.15) is 5.69 Å². The zero-order valence-corrected chi connectivity index (χ0v) is 17.8. The van der Waals surface area contributed by atoms with Crippen molar-refractivity contribution in [1.82, 2.24) is 20.3 Å². The number of halogens is 2. The number of aryl methyl sites for hydroxylation is 1. The Bertz CT molecular complexity index is 962. The molecule has 2 rings (SSSR count). The summed E-state index contributed by atoms with van der Waals surface area (Å²) in [6.45, 7) is 8.88. The first-order valence-electron chi connectivity index (χ1n) is 9.54. The molecule has 0 atom stereocenters. The highest BCUT2D eigenvalue weighted by Crippen LogP contribution is 2.23. The molecule has 2 heterocycles. The molecule has 0 saturated heterocycles. The number of hydrogen-bond donors (Lipinski definition) is 2. The number of aromatic nitrogens is 3. The molecule has 0 aliphatic rings. The van der Waals surface area contributed by atoms with Gasteiger partial charge in [0.15, 0.2) is 6.61 Å². The van der Waals surface area contributed by atoms with E-state index in [-0.39, 0.29) is 41.5 Å². The smallest absolute Gasteiger partial charge is 0.302 e. The molecule has 0 unspecified atom stereocenters. The van der Waals surface area contributed by atoms with E-state index in [0.717, 1.165) is 0 Å². The van der Waals surface area contributed by atoms with Crippen LogP contribution in [0.15, 0.2) is 36.5 Å². The highest BCUT2D eigenvalue weighted by Gasteiger charge is 2.31. The Morgan fingerprint density at radius 1 is 1.26 bits per heavy atom. The minimum Gasteiger partial charge on any atom is -0.471 e. The van der Waals surface area contributed by atoms with Crippen molar-refractivity contribution in [2.75, 3.05) is 11.9 Å². The van der Waals surface area contributed by atoms with Gasteiger partial charge in [-0.1, -0.05) is 26.5 Å².